The summed E-state index contributed by atoms with van der Waals surface area (Å²) < 4.78 is 103. The van der Waals surface area contributed by atoms with Gasteiger partial charge in [-0.15, -0.1) is 0 Å². The minimum atomic E-state index is -4.64. The number of halogens is 8. The SMILES string of the molecule is CC(C)(C)C[C@]1(c2ccc(-c3ccnn3C(F)F)cc2)N=C(N)N([C@H](COC(=O)CC2(C(F)(F)F)CC2)c2ccc(Cl)c(-n3ncnc3C(F)F)c2)C1=O. The van der Waals surface area contributed by atoms with Crippen LogP contribution < -0.4 is 5.73 Å². The van der Waals surface area contributed by atoms with Crippen molar-refractivity contribution in [2.24, 2.45) is 21.6 Å². The van der Waals surface area contributed by atoms with Crippen molar-refractivity contribution in [3.8, 4) is 16.9 Å². The van der Waals surface area contributed by atoms with E-state index < -0.39 is 72.3 Å². The molecule has 288 valence electrons. The molecule has 11 nitrogen and oxygen atoms in total. The van der Waals surface area contributed by atoms with E-state index in [-0.39, 0.29) is 47.2 Å². The molecule has 1 aliphatic heterocycles. The molecule has 2 atom stereocenters. The topological polar surface area (TPSA) is 134 Å². The molecule has 1 aliphatic carbocycles. The second-order valence-corrected chi connectivity index (χ2v) is 14.9. The van der Waals surface area contributed by atoms with Gasteiger partial charge in [-0.2, -0.15) is 32.1 Å². The van der Waals surface area contributed by atoms with Crippen LogP contribution in [0.1, 0.15) is 82.4 Å². The van der Waals surface area contributed by atoms with Gasteiger partial charge in [0, 0.05) is 11.8 Å². The van der Waals surface area contributed by atoms with Crippen molar-refractivity contribution in [2.75, 3.05) is 6.61 Å². The van der Waals surface area contributed by atoms with Crippen molar-refractivity contribution in [1.82, 2.24) is 29.4 Å². The molecule has 0 unspecified atom stereocenters. The highest BCUT2D eigenvalue weighted by Crippen LogP contribution is 2.60. The summed E-state index contributed by atoms with van der Waals surface area (Å²) in [5.41, 5.74) is 2.85. The maximum Gasteiger partial charge on any atom is 0.395 e. The van der Waals surface area contributed by atoms with Gasteiger partial charge in [0.2, 0.25) is 0 Å². The maximum atomic E-state index is 14.9. The Labute approximate surface area is 308 Å². The van der Waals surface area contributed by atoms with Crippen LogP contribution in [0, 0.1) is 10.8 Å². The number of benzene rings is 2. The lowest BCUT2D eigenvalue weighted by molar-refractivity contribution is -0.195. The minimum Gasteiger partial charge on any atom is -0.463 e. The zero-order valence-corrected chi connectivity index (χ0v) is 29.8. The lowest BCUT2D eigenvalue weighted by atomic mass is 9.75. The second kappa shape index (κ2) is 14.0. The predicted molar refractivity (Wildman–Crippen MR) is 180 cm³/mol. The smallest absolute Gasteiger partial charge is 0.395 e. The molecule has 1 fully saturated rings. The Morgan fingerprint density at radius 3 is 2.30 bits per heavy atom. The number of guanidine groups is 1. The Morgan fingerprint density at radius 2 is 1.70 bits per heavy atom. The van der Waals surface area contributed by atoms with Gasteiger partial charge < -0.3 is 10.5 Å². The Morgan fingerprint density at radius 1 is 1.02 bits per heavy atom. The molecule has 4 aromatic rings. The van der Waals surface area contributed by atoms with Gasteiger partial charge in [-0.05, 0) is 54.0 Å². The van der Waals surface area contributed by atoms with Crippen LogP contribution in [0.2, 0.25) is 5.02 Å². The summed E-state index contributed by atoms with van der Waals surface area (Å²) in [5.74, 6) is -2.98. The van der Waals surface area contributed by atoms with Crippen LogP contribution in [0.25, 0.3) is 16.9 Å². The Kier molecular flexibility index (Phi) is 10.0. The number of ether oxygens (including phenoxy) is 1. The van der Waals surface area contributed by atoms with Gasteiger partial charge in [0.1, 0.15) is 12.9 Å². The molecule has 6 rings (SSSR count). The highest BCUT2D eigenvalue weighted by molar-refractivity contribution is 6.32. The third-order valence-corrected chi connectivity index (χ3v) is 9.75. The minimum absolute atomic E-state index is 0.0486. The number of aromatic nitrogens is 5. The molecular weight excluding hydrogens is 749 g/mol. The quantitative estimate of drug-likeness (QED) is 0.114. The molecule has 0 bridgehead atoms. The zero-order chi connectivity index (χ0) is 39.4. The number of hydrogen-bond donors (Lipinski definition) is 1. The van der Waals surface area contributed by atoms with Crippen LogP contribution in [0.3, 0.4) is 0 Å². The van der Waals surface area contributed by atoms with E-state index in [1.54, 1.807) is 12.1 Å². The summed E-state index contributed by atoms with van der Waals surface area (Å²) in [6.45, 7) is 1.93. The largest absolute Gasteiger partial charge is 0.463 e. The zero-order valence-electron chi connectivity index (χ0n) is 29.0. The van der Waals surface area contributed by atoms with Gasteiger partial charge in [-0.3, -0.25) is 14.5 Å². The van der Waals surface area contributed by atoms with Gasteiger partial charge in [0.05, 0.1) is 34.3 Å². The molecule has 3 heterocycles. The molecule has 2 N–H and O–H groups in total. The van der Waals surface area contributed by atoms with E-state index in [1.807, 2.05) is 20.8 Å². The van der Waals surface area contributed by atoms with E-state index in [4.69, 9.17) is 22.1 Å². The molecule has 19 heteroatoms. The molecule has 2 aromatic carbocycles. The van der Waals surface area contributed by atoms with E-state index in [0.717, 1.165) is 15.9 Å². The number of amides is 1. The highest BCUT2D eigenvalue weighted by atomic mass is 35.5. The van der Waals surface area contributed by atoms with E-state index in [0.29, 0.717) is 15.8 Å². The van der Waals surface area contributed by atoms with Gasteiger partial charge in [-0.1, -0.05) is 62.7 Å². The molecule has 0 radical (unpaired) electrons. The fraction of sp³-hybridized carbons (Fsp3) is 0.429. The fourth-order valence-corrected chi connectivity index (χ4v) is 6.90. The first kappa shape index (κ1) is 38.7. The summed E-state index contributed by atoms with van der Waals surface area (Å²) in [6, 6.07) is 10.2. The van der Waals surface area contributed by atoms with Crippen LogP contribution >= 0.6 is 11.6 Å². The van der Waals surface area contributed by atoms with Gasteiger partial charge in [0.25, 0.3) is 12.3 Å². The average Bonchev–Trinajstić information content (AvgIpc) is 3.40. The van der Waals surface area contributed by atoms with Crippen LogP contribution in [0.4, 0.5) is 30.7 Å². The number of aliphatic imine (C=N–C) groups is 1. The van der Waals surface area contributed by atoms with Gasteiger partial charge in [-0.25, -0.2) is 28.1 Å². The number of carbonyl (C=O) groups is 2. The number of esters is 1. The van der Waals surface area contributed by atoms with Crippen LogP contribution in [-0.4, -0.2) is 60.1 Å². The van der Waals surface area contributed by atoms with E-state index >= 15 is 0 Å². The number of hydrogen-bond acceptors (Lipinski definition) is 8. The van der Waals surface area contributed by atoms with Gasteiger partial charge in [0.15, 0.2) is 17.3 Å². The summed E-state index contributed by atoms with van der Waals surface area (Å²) in [7, 11) is 0. The van der Waals surface area contributed by atoms with Crippen molar-refractivity contribution in [2.45, 2.75) is 77.2 Å². The average molecular weight is 783 g/mol. The summed E-state index contributed by atoms with van der Waals surface area (Å²) in [4.78, 5) is 37.2. The first-order chi connectivity index (χ1) is 25.3. The number of nitrogens with zero attached hydrogens (tertiary/aromatic N) is 7. The first-order valence-corrected chi connectivity index (χ1v) is 17.0. The van der Waals surface area contributed by atoms with Crippen LogP contribution in [0.5, 0.6) is 0 Å². The predicted octanol–water partition coefficient (Wildman–Crippen LogP) is 7.92. The fourth-order valence-electron chi connectivity index (χ4n) is 6.70. The number of nitrogens with two attached hydrogens (primary N) is 1. The second-order valence-electron chi connectivity index (χ2n) is 14.5. The van der Waals surface area contributed by atoms with E-state index in [2.05, 4.69) is 20.2 Å². The lowest BCUT2D eigenvalue weighted by Gasteiger charge is -2.35. The first-order valence-electron chi connectivity index (χ1n) is 16.6. The number of carbonyl (C=O) groups excluding carboxylic acids is 2. The Balaban J connectivity index is 1.41. The highest BCUT2D eigenvalue weighted by Gasteiger charge is 2.64. The van der Waals surface area contributed by atoms with Crippen LogP contribution in [0.15, 0.2) is 66.0 Å². The molecule has 1 saturated carbocycles. The van der Waals surface area contributed by atoms with E-state index in [1.165, 1.54) is 42.6 Å². The van der Waals surface area contributed by atoms with Crippen LogP contribution in [-0.2, 0) is 19.9 Å². The Hall–Kier alpha value is -5.00. The molecular formula is C35H34ClF7N8O3. The third kappa shape index (κ3) is 7.27. The monoisotopic (exact) mass is 782 g/mol. The third-order valence-electron chi connectivity index (χ3n) is 9.43. The summed E-state index contributed by atoms with van der Waals surface area (Å²) in [6.07, 6.45) is -6.97. The normalized spacial score (nSPS) is 19.1. The molecule has 1 amide bonds. The molecule has 54 heavy (non-hydrogen) atoms. The Bertz CT molecular complexity index is 2070. The molecule has 2 aliphatic rings. The standard InChI is InChI=1S/C35H34ClF7N8O3/c1-32(2,3)17-34(21-7-4-19(5-8-21)23-10-13-46-51(23)30(39)40)29(53)49(31(44)48-34)25(16-54-26(52)15-33(11-12-33)35(41,42)43)20-6-9-22(36)24(14-20)50-28(27(37)38)45-18-47-50/h4-10,13-14,18,25,27,30H,11-12,15-17H2,1-3H3,(H2,44,48)/t25-,34-/m1/s1. The number of alkyl halides is 7. The van der Waals surface area contributed by atoms with Crippen molar-refractivity contribution >= 4 is 29.4 Å². The summed E-state index contributed by atoms with van der Waals surface area (Å²) in [5, 5.41) is 7.47. The van der Waals surface area contributed by atoms with Gasteiger partial charge >= 0.3 is 18.7 Å². The number of rotatable bonds is 12. The molecule has 0 saturated heterocycles. The molecule has 0 spiro atoms. The maximum absolute atomic E-state index is 14.9. The van der Waals surface area contributed by atoms with E-state index in [9.17, 15) is 40.3 Å². The van der Waals surface area contributed by atoms with Crippen molar-refractivity contribution in [1.29, 1.82) is 0 Å². The summed E-state index contributed by atoms with van der Waals surface area (Å²) >= 11 is 6.41. The lowest BCUT2D eigenvalue weighted by Crippen LogP contribution is -2.47. The van der Waals surface area contributed by atoms with Crippen molar-refractivity contribution in [3.05, 3.63) is 83.0 Å². The molecule has 2 aromatic heterocycles. The van der Waals surface area contributed by atoms with Crippen molar-refractivity contribution < 1.29 is 45.1 Å². The van der Waals surface area contributed by atoms with Crippen molar-refractivity contribution in [3.63, 3.8) is 0 Å².